The first-order valence-electron chi connectivity index (χ1n) is 6.70. The summed E-state index contributed by atoms with van der Waals surface area (Å²) in [5.74, 6) is -1.62. The van der Waals surface area contributed by atoms with Crippen LogP contribution in [0.25, 0.3) is 0 Å². The smallest absolute Gasteiger partial charge is 0.259 e. The number of amides is 2. The molecule has 6 nitrogen and oxygen atoms in total. The molecular formula is C16H14FN3O3. The summed E-state index contributed by atoms with van der Waals surface area (Å²) in [7, 11) is 0. The van der Waals surface area contributed by atoms with Gasteiger partial charge in [0.05, 0.1) is 12.8 Å². The molecule has 0 atom stereocenters. The Morgan fingerprint density at radius 2 is 1.96 bits per heavy atom. The maximum absolute atomic E-state index is 13.0. The number of benzene rings is 2. The molecule has 23 heavy (non-hydrogen) atoms. The molecule has 2 rings (SSSR count). The molecule has 0 unspecified atom stereocenters. The zero-order valence-electron chi connectivity index (χ0n) is 12.0. The van der Waals surface area contributed by atoms with E-state index in [1.54, 1.807) is 18.2 Å². The third-order valence-corrected chi connectivity index (χ3v) is 2.83. The van der Waals surface area contributed by atoms with Crippen LogP contribution in [0.2, 0.25) is 0 Å². The van der Waals surface area contributed by atoms with Crippen LogP contribution in [0.3, 0.4) is 0 Å². The number of hydrogen-bond acceptors (Lipinski definition) is 4. The number of rotatable bonds is 5. The summed E-state index contributed by atoms with van der Waals surface area (Å²) < 4.78 is 13.0. The summed E-state index contributed by atoms with van der Waals surface area (Å²) in [5.41, 5.74) is 2.77. The number of nitrogens with one attached hydrogen (secondary N) is 2. The predicted molar refractivity (Wildman–Crippen MR) is 82.6 cm³/mol. The molecule has 0 aliphatic heterocycles. The maximum atomic E-state index is 13.0. The molecule has 0 aliphatic carbocycles. The number of para-hydroxylation sites is 1. The molecule has 0 spiro atoms. The molecule has 2 aromatic rings. The minimum absolute atomic E-state index is 0.0323. The van der Waals surface area contributed by atoms with Crippen LogP contribution in [0.5, 0.6) is 5.75 Å². The molecule has 0 heterocycles. The van der Waals surface area contributed by atoms with Crippen molar-refractivity contribution in [2.24, 2.45) is 5.10 Å². The fraction of sp³-hybridized carbons (Fsp3) is 0.0625. The van der Waals surface area contributed by atoms with Gasteiger partial charge in [-0.25, -0.2) is 9.82 Å². The van der Waals surface area contributed by atoms with Gasteiger partial charge in [-0.05, 0) is 30.3 Å². The monoisotopic (exact) mass is 315 g/mol. The van der Waals surface area contributed by atoms with E-state index >= 15 is 0 Å². The molecule has 0 saturated carbocycles. The summed E-state index contributed by atoms with van der Waals surface area (Å²) >= 11 is 0. The Morgan fingerprint density at radius 1 is 1.17 bits per heavy atom. The van der Waals surface area contributed by atoms with Crippen LogP contribution in [0.15, 0.2) is 53.6 Å². The quantitative estimate of drug-likeness (QED) is 0.575. The molecule has 0 aromatic heterocycles. The van der Waals surface area contributed by atoms with E-state index in [2.05, 4.69) is 15.8 Å². The number of nitrogens with zero attached hydrogens (tertiary/aromatic N) is 1. The molecule has 2 aromatic carbocycles. The molecule has 0 saturated heterocycles. The van der Waals surface area contributed by atoms with Gasteiger partial charge in [0.1, 0.15) is 11.6 Å². The van der Waals surface area contributed by atoms with Gasteiger partial charge in [0.2, 0.25) is 0 Å². The lowest BCUT2D eigenvalue weighted by Crippen LogP contribution is -2.34. The van der Waals surface area contributed by atoms with Gasteiger partial charge in [-0.15, -0.1) is 0 Å². The molecule has 3 N–H and O–H groups in total. The van der Waals surface area contributed by atoms with Crippen LogP contribution in [0, 0.1) is 5.82 Å². The van der Waals surface area contributed by atoms with Crippen LogP contribution in [-0.2, 0) is 4.79 Å². The average Bonchev–Trinajstić information content (AvgIpc) is 2.54. The molecule has 0 fully saturated rings. The summed E-state index contributed by atoms with van der Waals surface area (Å²) in [5, 5.41) is 15.5. The fourth-order valence-corrected chi connectivity index (χ4v) is 1.70. The highest BCUT2D eigenvalue weighted by Gasteiger charge is 2.08. The van der Waals surface area contributed by atoms with E-state index in [1.165, 1.54) is 30.5 Å². The van der Waals surface area contributed by atoms with Crippen molar-refractivity contribution in [3.63, 3.8) is 0 Å². The van der Waals surface area contributed by atoms with Crippen LogP contribution in [-0.4, -0.2) is 29.7 Å². The minimum Gasteiger partial charge on any atom is -0.507 e. The van der Waals surface area contributed by atoms with E-state index in [4.69, 9.17) is 0 Å². The van der Waals surface area contributed by atoms with E-state index in [1.807, 2.05) is 0 Å². The van der Waals surface area contributed by atoms with E-state index in [0.717, 1.165) is 6.07 Å². The molecule has 2 amide bonds. The molecule has 7 heteroatoms. The van der Waals surface area contributed by atoms with Crippen molar-refractivity contribution in [3.05, 3.63) is 65.5 Å². The number of carbonyl (C=O) groups excluding carboxylic acids is 2. The lowest BCUT2D eigenvalue weighted by molar-refractivity contribution is -0.120. The van der Waals surface area contributed by atoms with Gasteiger partial charge in [-0.1, -0.05) is 18.2 Å². The zero-order valence-corrected chi connectivity index (χ0v) is 12.0. The van der Waals surface area contributed by atoms with Crippen molar-refractivity contribution < 1.29 is 19.1 Å². The van der Waals surface area contributed by atoms with Crippen LogP contribution in [0.1, 0.15) is 15.9 Å². The summed E-state index contributed by atoms with van der Waals surface area (Å²) in [6.07, 6.45) is 1.28. The van der Waals surface area contributed by atoms with E-state index in [0.29, 0.717) is 5.56 Å². The van der Waals surface area contributed by atoms with Crippen molar-refractivity contribution >= 4 is 18.0 Å². The first-order valence-corrected chi connectivity index (χ1v) is 6.70. The Morgan fingerprint density at radius 3 is 2.70 bits per heavy atom. The van der Waals surface area contributed by atoms with Gasteiger partial charge in [-0.3, -0.25) is 9.59 Å². The first kappa shape index (κ1) is 16.2. The normalized spacial score (nSPS) is 10.5. The fourth-order valence-electron chi connectivity index (χ4n) is 1.70. The Kier molecular flexibility index (Phi) is 5.40. The number of carbonyl (C=O) groups is 2. The highest BCUT2D eigenvalue weighted by Crippen LogP contribution is 2.12. The highest BCUT2D eigenvalue weighted by atomic mass is 19.1. The first-order chi connectivity index (χ1) is 11.1. The standard InChI is InChI=1S/C16H14FN3O3/c17-13-6-3-5-11(8-13)16(23)18-10-15(22)20-19-9-12-4-1-2-7-14(12)21/h1-9,21H,10H2,(H,18,23)(H,20,22). The largest absolute Gasteiger partial charge is 0.507 e. The average molecular weight is 315 g/mol. The number of phenolic OH excluding ortho intramolecular Hbond substituents is 1. The minimum atomic E-state index is -0.565. The summed E-state index contributed by atoms with van der Waals surface area (Å²) in [4.78, 5) is 23.3. The molecule has 0 radical (unpaired) electrons. The van der Waals surface area contributed by atoms with Crippen molar-refractivity contribution in [1.29, 1.82) is 0 Å². The SMILES string of the molecule is O=C(CNC(=O)c1cccc(F)c1)NN=Cc1ccccc1O. The zero-order chi connectivity index (χ0) is 16.7. The van der Waals surface area contributed by atoms with Crippen LogP contribution in [0.4, 0.5) is 4.39 Å². The van der Waals surface area contributed by atoms with Gasteiger partial charge in [0.15, 0.2) is 0 Å². The topological polar surface area (TPSA) is 90.8 Å². The van der Waals surface area contributed by atoms with E-state index in [9.17, 15) is 19.1 Å². The second-order valence-corrected chi connectivity index (χ2v) is 4.55. The molecule has 0 bridgehead atoms. The Labute approximate surface area is 131 Å². The Hall–Kier alpha value is -3.22. The highest BCUT2D eigenvalue weighted by molar-refractivity contribution is 5.96. The lowest BCUT2D eigenvalue weighted by Gasteiger charge is -2.04. The molecule has 118 valence electrons. The summed E-state index contributed by atoms with van der Waals surface area (Å²) in [6.45, 7) is -0.312. The van der Waals surface area contributed by atoms with Gasteiger partial charge in [0, 0.05) is 11.1 Å². The number of hydrogen-bond donors (Lipinski definition) is 3. The summed E-state index contributed by atoms with van der Waals surface area (Å²) in [6, 6.07) is 11.6. The van der Waals surface area contributed by atoms with Crippen molar-refractivity contribution in [2.45, 2.75) is 0 Å². The van der Waals surface area contributed by atoms with E-state index in [-0.39, 0.29) is 17.9 Å². The Balaban J connectivity index is 1.81. The van der Waals surface area contributed by atoms with Crippen LogP contribution >= 0.6 is 0 Å². The van der Waals surface area contributed by atoms with Gasteiger partial charge in [0.25, 0.3) is 11.8 Å². The van der Waals surface area contributed by atoms with Crippen molar-refractivity contribution in [2.75, 3.05) is 6.54 Å². The second-order valence-electron chi connectivity index (χ2n) is 4.55. The van der Waals surface area contributed by atoms with Crippen molar-refractivity contribution in [1.82, 2.24) is 10.7 Å². The van der Waals surface area contributed by atoms with Gasteiger partial charge < -0.3 is 10.4 Å². The van der Waals surface area contributed by atoms with Crippen molar-refractivity contribution in [3.8, 4) is 5.75 Å². The lowest BCUT2D eigenvalue weighted by atomic mass is 10.2. The van der Waals surface area contributed by atoms with Gasteiger partial charge >= 0.3 is 0 Å². The number of halogens is 1. The number of aromatic hydroxyl groups is 1. The third-order valence-electron chi connectivity index (χ3n) is 2.83. The van der Waals surface area contributed by atoms with E-state index < -0.39 is 17.6 Å². The van der Waals surface area contributed by atoms with Gasteiger partial charge in [-0.2, -0.15) is 5.10 Å². The second kappa shape index (κ2) is 7.69. The van der Waals surface area contributed by atoms with Crippen LogP contribution < -0.4 is 10.7 Å². The number of hydrazone groups is 1. The Bertz CT molecular complexity index is 747. The number of phenols is 1. The third kappa shape index (κ3) is 4.92. The maximum Gasteiger partial charge on any atom is 0.259 e. The molecular weight excluding hydrogens is 301 g/mol. The molecule has 0 aliphatic rings. The predicted octanol–water partition coefficient (Wildman–Crippen LogP) is 1.41.